The van der Waals surface area contributed by atoms with Crippen LogP contribution in [0.1, 0.15) is 0 Å². The maximum Gasteiger partial charge on any atom is 0.143 e. The Kier molecular flexibility index (Phi) is 6.18. The molecule has 10 aromatic rings. The molecule has 0 N–H and O–H groups in total. The van der Waals surface area contributed by atoms with Crippen molar-refractivity contribution in [2.75, 3.05) is 4.90 Å². The first-order chi connectivity index (χ1) is 24.3. The molecule has 0 spiro atoms. The molecule has 0 aliphatic rings. The first kappa shape index (κ1) is 27.5. The van der Waals surface area contributed by atoms with Crippen LogP contribution in [0.25, 0.3) is 76.9 Å². The molecular weight excluding hydrogens is 599 g/mol. The average Bonchev–Trinajstić information content (AvgIpc) is 3.75. The quantitative estimate of drug-likeness (QED) is 0.190. The van der Waals surface area contributed by atoms with Gasteiger partial charge in [0.1, 0.15) is 22.3 Å². The minimum absolute atomic E-state index is 0.897. The van der Waals surface area contributed by atoms with Gasteiger partial charge in [-0.25, -0.2) is 0 Å². The molecule has 3 heteroatoms. The van der Waals surface area contributed by atoms with E-state index in [4.69, 9.17) is 8.83 Å². The summed E-state index contributed by atoms with van der Waals surface area (Å²) in [6.07, 6.45) is 0. The molecule has 0 aliphatic heterocycles. The lowest BCUT2D eigenvalue weighted by molar-refractivity contribution is 0.670. The van der Waals surface area contributed by atoms with E-state index in [0.717, 1.165) is 82.8 Å². The number of hydrogen-bond acceptors (Lipinski definition) is 3. The van der Waals surface area contributed by atoms with E-state index >= 15 is 0 Å². The zero-order chi connectivity index (χ0) is 32.3. The van der Waals surface area contributed by atoms with Crippen molar-refractivity contribution in [3.8, 4) is 22.3 Å². The van der Waals surface area contributed by atoms with E-state index in [9.17, 15) is 0 Å². The Hall–Kier alpha value is -6.58. The molecule has 3 nitrogen and oxygen atoms in total. The lowest BCUT2D eigenvalue weighted by atomic mass is 10.00. The van der Waals surface area contributed by atoms with Gasteiger partial charge >= 0.3 is 0 Å². The van der Waals surface area contributed by atoms with Crippen molar-refractivity contribution < 1.29 is 8.83 Å². The normalized spacial score (nSPS) is 11.7. The van der Waals surface area contributed by atoms with Crippen LogP contribution in [0.4, 0.5) is 17.1 Å². The zero-order valence-electron chi connectivity index (χ0n) is 26.5. The number of para-hydroxylation sites is 3. The Morgan fingerprint density at radius 1 is 0.327 bits per heavy atom. The van der Waals surface area contributed by atoms with E-state index in [1.54, 1.807) is 0 Å². The third kappa shape index (κ3) is 4.44. The van der Waals surface area contributed by atoms with Crippen LogP contribution < -0.4 is 4.90 Å². The monoisotopic (exact) mass is 627 g/mol. The fraction of sp³-hybridized carbons (Fsp3) is 0. The molecule has 49 heavy (non-hydrogen) atoms. The van der Waals surface area contributed by atoms with Crippen LogP contribution in [-0.4, -0.2) is 0 Å². The van der Waals surface area contributed by atoms with Crippen molar-refractivity contribution >= 4 is 71.7 Å². The molecule has 2 aromatic heterocycles. The van der Waals surface area contributed by atoms with Gasteiger partial charge < -0.3 is 13.7 Å². The predicted octanol–water partition coefficient (Wildman–Crippen LogP) is 13.4. The summed E-state index contributed by atoms with van der Waals surface area (Å²) >= 11 is 0. The summed E-state index contributed by atoms with van der Waals surface area (Å²) in [7, 11) is 0. The van der Waals surface area contributed by atoms with Crippen LogP contribution >= 0.6 is 0 Å². The van der Waals surface area contributed by atoms with Crippen LogP contribution in [0.5, 0.6) is 0 Å². The Bertz CT molecular complexity index is 2830. The van der Waals surface area contributed by atoms with Crippen molar-refractivity contribution in [2.24, 2.45) is 0 Å². The van der Waals surface area contributed by atoms with Crippen LogP contribution in [0.3, 0.4) is 0 Å². The highest BCUT2D eigenvalue weighted by atomic mass is 16.3. The second-order valence-corrected chi connectivity index (χ2v) is 12.5. The van der Waals surface area contributed by atoms with Crippen molar-refractivity contribution in [3.05, 3.63) is 176 Å². The third-order valence-corrected chi connectivity index (χ3v) is 9.67. The Labute approximate surface area is 282 Å². The lowest BCUT2D eigenvalue weighted by Gasteiger charge is -2.27. The number of fused-ring (bicyclic) bond motifs is 8. The summed E-state index contributed by atoms with van der Waals surface area (Å²) < 4.78 is 13.0. The number of furan rings is 2. The van der Waals surface area contributed by atoms with Crippen molar-refractivity contribution in [2.45, 2.75) is 0 Å². The van der Waals surface area contributed by atoms with Gasteiger partial charge in [-0.1, -0.05) is 127 Å². The molecule has 0 radical (unpaired) electrons. The van der Waals surface area contributed by atoms with Crippen molar-refractivity contribution in [1.29, 1.82) is 0 Å². The van der Waals surface area contributed by atoms with Gasteiger partial charge in [0.15, 0.2) is 0 Å². The van der Waals surface area contributed by atoms with Gasteiger partial charge in [0.25, 0.3) is 0 Å². The summed E-state index contributed by atoms with van der Waals surface area (Å²) in [4.78, 5) is 2.36. The molecular formula is C46H29NO2. The van der Waals surface area contributed by atoms with E-state index in [1.807, 2.05) is 24.3 Å². The molecule has 0 aliphatic carbocycles. The molecule has 0 saturated carbocycles. The molecule has 230 valence electrons. The highest BCUT2D eigenvalue weighted by Crippen LogP contribution is 2.44. The smallest absolute Gasteiger partial charge is 0.143 e. The number of nitrogens with zero attached hydrogens (tertiary/aromatic N) is 1. The molecule has 8 aromatic carbocycles. The maximum absolute atomic E-state index is 6.49. The maximum atomic E-state index is 6.49. The Balaban J connectivity index is 1.18. The first-order valence-corrected chi connectivity index (χ1v) is 16.6. The zero-order valence-corrected chi connectivity index (χ0v) is 26.5. The Morgan fingerprint density at radius 2 is 0.878 bits per heavy atom. The Morgan fingerprint density at radius 3 is 1.65 bits per heavy atom. The largest absolute Gasteiger partial charge is 0.455 e. The third-order valence-electron chi connectivity index (χ3n) is 9.67. The number of rotatable bonds is 5. The van der Waals surface area contributed by atoms with Crippen LogP contribution in [0, 0.1) is 0 Å². The van der Waals surface area contributed by atoms with Gasteiger partial charge in [-0.3, -0.25) is 0 Å². The van der Waals surface area contributed by atoms with Gasteiger partial charge in [-0.05, 0) is 65.2 Å². The standard InChI is InChI=1S/C46H29NO2/c1-2-11-30(12-3-1)31-23-25-33(26-24-31)47(42-20-10-19-39-36(42)27-28-41-38-16-5-7-22-44(38)49-46(39)41)34-14-8-13-32(29-34)35-17-9-18-40-37-15-4-6-21-43(37)48-45(35)40/h1-29H. The van der Waals surface area contributed by atoms with Gasteiger partial charge in [0.2, 0.25) is 0 Å². The minimum Gasteiger partial charge on any atom is -0.455 e. The van der Waals surface area contributed by atoms with E-state index in [1.165, 1.54) is 11.1 Å². The topological polar surface area (TPSA) is 29.5 Å². The van der Waals surface area contributed by atoms with Crippen LogP contribution in [0.15, 0.2) is 185 Å². The molecule has 2 heterocycles. The SMILES string of the molecule is c1ccc(-c2ccc(N(c3cccc(-c4cccc5c4oc4ccccc45)c3)c3cccc4c3ccc3c5ccccc5oc43)cc2)cc1. The summed E-state index contributed by atoms with van der Waals surface area (Å²) in [6.45, 7) is 0. The molecule has 0 amide bonds. The summed E-state index contributed by atoms with van der Waals surface area (Å²) in [5.74, 6) is 0. The molecule has 10 rings (SSSR count). The summed E-state index contributed by atoms with van der Waals surface area (Å²) in [6, 6.07) is 62.0. The lowest BCUT2D eigenvalue weighted by Crippen LogP contribution is -2.10. The second kappa shape index (κ2) is 11.0. The number of anilines is 3. The summed E-state index contributed by atoms with van der Waals surface area (Å²) in [5.41, 5.74) is 11.3. The average molecular weight is 628 g/mol. The van der Waals surface area contributed by atoms with Crippen LogP contribution in [-0.2, 0) is 0 Å². The van der Waals surface area contributed by atoms with Gasteiger partial charge in [-0.15, -0.1) is 0 Å². The van der Waals surface area contributed by atoms with Crippen molar-refractivity contribution in [3.63, 3.8) is 0 Å². The van der Waals surface area contributed by atoms with Gasteiger partial charge in [-0.2, -0.15) is 0 Å². The van der Waals surface area contributed by atoms with Gasteiger partial charge in [0.05, 0.1) is 5.69 Å². The van der Waals surface area contributed by atoms with Crippen molar-refractivity contribution in [1.82, 2.24) is 0 Å². The van der Waals surface area contributed by atoms with Crippen LogP contribution in [0.2, 0.25) is 0 Å². The fourth-order valence-electron chi connectivity index (χ4n) is 7.37. The number of benzene rings is 8. The molecule has 0 fully saturated rings. The highest BCUT2D eigenvalue weighted by Gasteiger charge is 2.20. The van der Waals surface area contributed by atoms with E-state index < -0.39 is 0 Å². The van der Waals surface area contributed by atoms with E-state index in [-0.39, 0.29) is 0 Å². The molecule has 0 unspecified atom stereocenters. The second-order valence-electron chi connectivity index (χ2n) is 12.5. The summed E-state index contributed by atoms with van der Waals surface area (Å²) in [5, 5.41) is 6.70. The molecule has 0 saturated heterocycles. The molecule has 0 bridgehead atoms. The fourth-order valence-corrected chi connectivity index (χ4v) is 7.37. The highest BCUT2D eigenvalue weighted by molar-refractivity contribution is 6.18. The molecule has 0 atom stereocenters. The minimum atomic E-state index is 0.897. The first-order valence-electron chi connectivity index (χ1n) is 16.6. The predicted molar refractivity (Wildman–Crippen MR) is 204 cm³/mol. The number of hydrogen-bond donors (Lipinski definition) is 0. The van der Waals surface area contributed by atoms with Gasteiger partial charge in [0, 0.05) is 49.3 Å². The van der Waals surface area contributed by atoms with E-state index in [2.05, 4.69) is 157 Å². The van der Waals surface area contributed by atoms with E-state index in [0.29, 0.717) is 0 Å².